The smallest absolute Gasteiger partial charge is 0.303 e. The lowest BCUT2D eigenvalue weighted by atomic mass is 10.3. The lowest BCUT2D eigenvalue weighted by Crippen LogP contribution is -2.45. The normalized spacial score (nSPS) is 16.6. The predicted octanol–water partition coefficient (Wildman–Crippen LogP) is 2.43. The second-order valence-electron chi connectivity index (χ2n) is 6.87. The molecule has 0 amide bonds. The van der Waals surface area contributed by atoms with E-state index in [0.717, 1.165) is 0 Å². The summed E-state index contributed by atoms with van der Waals surface area (Å²) < 4.78 is 217. The average Bonchev–Trinajstić information content (AvgIpc) is 3.15. The van der Waals surface area contributed by atoms with E-state index in [9.17, 15) is 86.4 Å². The molecule has 0 saturated carbocycles. The van der Waals surface area contributed by atoms with Crippen molar-refractivity contribution in [3.05, 3.63) is 0 Å². The first kappa shape index (κ1) is 40.0. The second kappa shape index (κ2) is 13.7. The molecule has 0 aromatic rings. The first-order valence-electron chi connectivity index (χ1n) is 9.39. The van der Waals surface area contributed by atoms with Crippen LogP contribution < -0.4 is 8.25 Å². The molecular formula is C12H19F12N3O8S4. The molecule has 1 aliphatic heterocycles. The Hall–Kier alpha value is -1.16. The van der Waals surface area contributed by atoms with Crippen LogP contribution in [0.1, 0.15) is 32.6 Å². The maximum atomic E-state index is 11.5. The van der Waals surface area contributed by atoms with Crippen molar-refractivity contribution in [1.82, 2.24) is 13.2 Å². The van der Waals surface area contributed by atoms with Crippen LogP contribution in [0.2, 0.25) is 0 Å². The van der Waals surface area contributed by atoms with Crippen LogP contribution in [0.15, 0.2) is 0 Å². The number of unbranched alkanes of at least 4 members (excludes halogenated alkanes) is 1. The van der Waals surface area contributed by atoms with Crippen LogP contribution in [0.3, 0.4) is 0 Å². The molecule has 11 nitrogen and oxygen atoms in total. The Balaban J connectivity index is 0. The number of hydrogen-bond donors (Lipinski definition) is 2. The summed E-state index contributed by atoms with van der Waals surface area (Å²) in [4.78, 5) is 2.57. The van der Waals surface area contributed by atoms with Gasteiger partial charge in [0.15, 0.2) is 0 Å². The lowest BCUT2D eigenvalue weighted by Gasteiger charge is -2.12. The van der Waals surface area contributed by atoms with Crippen LogP contribution in [0.5, 0.6) is 0 Å². The minimum Gasteiger partial charge on any atom is -0.303 e. The van der Waals surface area contributed by atoms with Gasteiger partial charge in [-0.2, -0.15) is 52.7 Å². The minimum absolute atomic E-state index is 0.493. The third-order valence-electron chi connectivity index (χ3n) is 3.68. The standard InChI is InChI=1S/C8H17N.2C2HF6NO4S2/c1-2-3-6-9-7-4-5-8-9;2*3-1(4,5)14(10,11)9-15(12,13)2(6,7)8/h2-8H2,1H3;2*9H. The van der Waals surface area contributed by atoms with E-state index in [1.165, 1.54) is 45.3 Å². The van der Waals surface area contributed by atoms with Crippen LogP contribution in [0.25, 0.3) is 0 Å². The molecule has 1 heterocycles. The van der Waals surface area contributed by atoms with Crippen LogP contribution in [-0.4, -0.2) is 80.2 Å². The van der Waals surface area contributed by atoms with Crippen LogP contribution in [-0.2, 0) is 40.1 Å². The SMILES string of the molecule is CCCCN1CCCC1.O=S(=O)(NS(=O)(=O)C(F)(F)F)C(F)(F)F.O=S(=O)(NS(=O)(=O)C(F)(F)F)C(F)(F)F. The summed E-state index contributed by atoms with van der Waals surface area (Å²) in [5, 5.41) is 0. The zero-order valence-corrected chi connectivity index (χ0v) is 22.1. The number of sulfonamides is 4. The third kappa shape index (κ3) is 13.4. The molecule has 0 aromatic heterocycles. The highest BCUT2D eigenvalue weighted by atomic mass is 32.3. The monoisotopic (exact) mass is 689 g/mol. The Bertz CT molecular complexity index is 1030. The molecular weight excluding hydrogens is 670 g/mol. The molecule has 1 rings (SSSR count). The van der Waals surface area contributed by atoms with E-state index >= 15 is 0 Å². The molecule has 0 bridgehead atoms. The summed E-state index contributed by atoms with van der Waals surface area (Å²) in [5.74, 6) is 0. The van der Waals surface area contributed by atoms with Gasteiger partial charge in [0.05, 0.1) is 0 Å². The number of likely N-dealkylation sites (tertiary alicyclic amines) is 1. The molecule has 0 radical (unpaired) electrons. The average molecular weight is 690 g/mol. The van der Waals surface area contributed by atoms with Gasteiger partial charge in [0.1, 0.15) is 0 Å². The molecule has 1 fully saturated rings. The van der Waals surface area contributed by atoms with Gasteiger partial charge in [-0.1, -0.05) is 21.6 Å². The summed E-state index contributed by atoms with van der Waals surface area (Å²) in [6.45, 7) is 6.33. The van der Waals surface area contributed by atoms with Gasteiger partial charge < -0.3 is 4.90 Å². The molecule has 2 N–H and O–H groups in total. The second-order valence-corrected chi connectivity index (χ2v) is 14.1. The highest BCUT2D eigenvalue weighted by molar-refractivity contribution is 8.06. The van der Waals surface area contributed by atoms with Crippen LogP contribution in [0.4, 0.5) is 52.7 Å². The van der Waals surface area contributed by atoms with E-state index in [1.54, 1.807) is 0 Å². The molecule has 0 aromatic carbocycles. The zero-order valence-electron chi connectivity index (χ0n) is 18.8. The number of halogens is 12. The van der Waals surface area contributed by atoms with Crippen molar-refractivity contribution in [3.8, 4) is 0 Å². The molecule has 27 heteroatoms. The van der Waals surface area contributed by atoms with Crippen molar-refractivity contribution in [2.45, 2.75) is 54.6 Å². The van der Waals surface area contributed by atoms with Gasteiger partial charge in [-0.15, -0.1) is 0 Å². The fourth-order valence-corrected chi connectivity index (χ4v) is 5.69. The molecule has 0 spiro atoms. The Morgan fingerprint density at radius 2 is 0.769 bits per heavy atom. The van der Waals surface area contributed by atoms with E-state index < -0.39 is 70.4 Å². The summed E-state index contributed by atoms with van der Waals surface area (Å²) in [5.41, 5.74) is -24.6. The number of rotatable bonds is 7. The first-order chi connectivity index (χ1) is 16.8. The fourth-order valence-electron chi connectivity index (χ4n) is 1.87. The molecule has 0 atom stereocenters. The summed E-state index contributed by atoms with van der Waals surface area (Å²) in [7, 11) is -26.4. The quantitative estimate of drug-likeness (QED) is 0.382. The fraction of sp³-hybridized carbons (Fsp3) is 1.00. The van der Waals surface area contributed by atoms with Gasteiger partial charge in [-0.3, -0.25) is 0 Å². The highest BCUT2D eigenvalue weighted by Crippen LogP contribution is 2.28. The molecule has 1 aliphatic rings. The molecule has 238 valence electrons. The Morgan fingerprint density at radius 1 is 0.538 bits per heavy atom. The number of nitrogens with zero attached hydrogens (tertiary/aromatic N) is 1. The minimum atomic E-state index is -6.60. The lowest BCUT2D eigenvalue weighted by molar-refractivity contribution is -0.0487. The Morgan fingerprint density at radius 3 is 0.949 bits per heavy atom. The van der Waals surface area contributed by atoms with Crippen molar-refractivity contribution in [2.75, 3.05) is 19.6 Å². The van der Waals surface area contributed by atoms with Gasteiger partial charge in [0.2, 0.25) is 0 Å². The van der Waals surface area contributed by atoms with Crippen molar-refractivity contribution >= 4 is 40.1 Å². The Kier molecular flexibility index (Phi) is 14.0. The van der Waals surface area contributed by atoms with E-state index in [1.807, 2.05) is 0 Å². The van der Waals surface area contributed by atoms with E-state index in [0.29, 0.717) is 0 Å². The van der Waals surface area contributed by atoms with Crippen LogP contribution >= 0.6 is 0 Å². The van der Waals surface area contributed by atoms with Gasteiger partial charge in [0, 0.05) is 0 Å². The van der Waals surface area contributed by atoms with E-state index in [4.69, 9.17) is 0 Å². The van der Waals surface area contributed by atoms with Gasteiger partial charge in [-0.05, 0) is 38.9 Å². The summed E-state index contributed by atoms with van der Waals surface area (Å²) in [6, 6.07) is 0. The Labute approximate surface area is 214 Å². The predicted molar refractivity (Wildman–Crippen MR) is 107 cm³/mol. The highest BCUT2D eigenvalue weighted by Gasteiger charge is 2.56. The molecule has 1 saturated heterocycles. The van der Waals surface area contributed by atoms with Crippen molar-refractivity contribution < 1.29 is 86.4 Å². The molecule has 0 unspecified atom stereocenters. The van der Waals surface area contributed by atoms with Gasteiger partial charge >= 0.3 is 62.1 Å². The van der Waals surface area contributed by atoms with Gasteiger partial charge in [0.25, 0.3) is 0 Å². The van der Waals surface area contributed by atoms with Crippen molar-refractivity contribution in [3.63, 3.8) is 0 Å². The summed E-state index contributed by atoms with van der Waals surface area (Å²) in [6.07, 6.45) is 5.60. The topological polar surface area (TPSA) is 164 Å². The molecule has 0 aliphatic carbocycles. The first-order valence-corrected chi connectivity index (χ1v) is 15.3. The van der Waals surface area contributed by atoms with E-state index in [2.05, 4.69) is 11.8 Å². The third-order valence-corrected chi connectivity index (χ3v) is 9.63. The molecule has 39 heavy (non-hydrogen) atoms. The number of nitrogens with one attached hydrogen (secondary N) is 2. The van der Waals surface area contributed by atoms with Crippen LogP contribution in [0, 0.1) is 0 Å². The number of alkyl halides is 12. The maximum absolute atomic E-state index is 11.5. The zero-order chi connectivity index (χ0) is 31.9. The number of hydrogen-bond acceptors (Lipinski definition) is 9. The van der Waals surface area contributed by atoms with Crippen molar-refractivity contribution in [1.29, 1.82) is 0 Å². The van der Waals surface area contributed by atoms with Gasteiger partial charge in [-0.25, -0.2) is 33.7 Å². The largest absolute Gasteiger partial charge is 0.512 e. The van der Waals surface area contributed by atoms with E-state index in [-0.39, 0.29) is 0 Å². The summed E-state index contributed by atoms with van der Waals surface area (Å²) >= 11 is 0. The maximum Gasteiger partial charge on any atom is 0.512 e. The van der Waals surface area contributed by atoms with Crippen molar-refractivity contribution in [2.24, 2.45) is 0 Å².